The van der Waals surface area contributed by atoms with Gasteiger partial charge in [-0.05, 0) is 36.2 Å². The molecular weight excluding hydrogens is 487 g/mol. The summed E-state index contributed by atoms with van der Waals surface area (Å²) in [6.45, 7) is 0. The zero-order valence-electron chi connectivity index (χ0n) is 17.3. The second-order valence-corrected chi connectivity index (χ2v) is 7.61. The van der Waals surface area contributed by atoms with Crippen LogP contribution in [0.5, 0.6) is 0 Å². The van der Waals surface area contributed by atoms with E-state index in [1.165, 1.54) is 51.4 Å². The minimum Gasteiger partial charge on any atom is -1.00 e. The zero-order chi connectivity index (χ0) is 20.1. The number of esters is 1. The van der Waals surface area contributed by atoms with Crippen LogP contribution in [0.15, 0.2) is 60.7 Å². The number of hydrogen-bond acceptors (Lipinski definition) is 3. The van der Waals surface area contributed by atoms with E-state index in [9.17, 15) is 4.79 Å². The minimum absolute atomic E-state index is 0. The first-order valence-corrected chi connectivity index (χ1v) is 9.87. The first-order valence-electron chi connectivity index (χ1n) is 9.87. The fraction of sp³-hybridized carbons (Fsp3) is 0.200. The molecule has 0 fully saturated rings. The quantitative estimate of drug-likeness (QED) is 0.182. The molecule has 0 bridgehead atoms. The molecule has 5 rings (SSSR count). The van der Waals surface area contributed by atoms with Gasteiger partial charge in [-0.2, -0.15) is 4.57 Å². The number of carbonyl (C=O) groups excluding carboxylic acids is 1. The predicted molar refractivity (Wildman–Crippen MR) is 116 cm³/mol. The molecule has 0 atom stereocenters. The lowest BCUT2D eigenvalue weighted by Gasteiger charge is -2.28. The number of pyridine rings is 1. The molecule has 30 heavy (non-hydrogen) atoms. The van der Waals surface area contributed by atoms with Crippen molar-refractivity contribution < 1.29 is 38.1 Å². The van der Waals surface area contributed by atoms with Crippen LogP contribution >= 0.6 is 0 Å². The highest BCUT2D eigenvalue weighted by atomic mass is 127. The molecule has 1 aromatic heterocycles. The van der Waals surface area contributed by atoms with Crippen LogP contribution in [0.25, 0.3) is 32.9 Å². The van der Waals surface area contributed by atoms with Gasteiger partial charge in [-0.25, -0.2) is 0 Å². The van der Waals surface area contributed by atoms with Crippen LogP contribution in [0.4, 0.5) is 11.4 Å². The van der Waals surface area contributed by atoms with Gasteiger partial charge >= 0.3 is 5.97 Å². The molecule has 1 aliphatic heterocycles. The van der Waals surface area contributed by atoms with Crippen molar-refractivity contribution in [2.75, 3.05) is 19.1 Å². The Bertz CT molecular complexity index is 1300. The zero-order valence-corrected chi connectivity index (χ0v) is 19.4. The number of hydrogen-bond donors (Lipinski definition) is 0. The monoisotopic (exact) mass is 510 g/mol. The number of aromatic nitrogens is 1. The number of rotatable bonds is 3. The van der Waals surface area contributed by atoms with Gasteiger partial charge in [0, 0.05) is 24.9 Å². The van der Waals surface area contributed by atoms with Crippen molar-refractivity contribution in [1.29, 1.82) is 0 Å². The molecule has 4 nitrogen and oxygen atoms in total. The molecule has 2 heterocycles. The van der Waals surface area contributed by atoms with Crippen LogP contribution in [0.1, 0.15) is 12.0 Å². The number of benzene rings is 3. The van der Waals surface area contributed by atoms with Gasteiger partial charge in [0.25, 0.3) is 0 Å². The summed E-state index contributed by atoms with van der Waals surface area (Å²) < 4.78 is 7.10. The third-order valence-electron chi connectivity index (χ3n) is 6.05. The number of nitrogens with zero attached hydrogens (tertiary/aromatic N) is 2. The minimum atomic E-state index is -0.175. The van der Waals surface area contributed by atoms with Crippen LogP contribution in [0.2, 0.25) is 0 Å². The van der Waals surface area contributed by atoms with Gasteiger partial charge < -0.3 is 33.6 Å². The van der Waals surface area contributed by atoms with Crippen LogP contribution in [0.3, 0.4) is 0 Å². The highest BCUT2D eigenvalue weighted by Crippen LogP contribution is 2.46. The molecule has 5 heteroatoms. The number of methoxy groups -OCH3 is 1. The van der Waals surface area contributed by atoms with Crippen molar-refractivity contribution in [1.82, 2.24) is 0 Å². The molecule has 3 aromatic carbocycles. The number of ether oxygens (including phenoxy) is 1. The number of fused-ring (bicyclic) bond motifs is 4. The maximum atomic E-state index is 11.6. The number of aryl methyl sites for hydroxylation is 2. The summed E-state index contributed by atoms with van der Waals surface area (Å²) in [5, 5.41) is 3.73. The van der Waals surface area contributed by atoms with E-state index in [0.29, 0.717) is 12.8 Å². The Kier molecular flexibility index (Phi) is 5.40. The Morgan fingerprint density at radius 2 is 1.77 bits per heavy atom. The fourth-order valence-electron chi connectivity index (χ4n) is 4.59. The third-order valence-corrected chi connectivity index (χ3v) is 6.05. The summed E-state index contributed by atoms with van der Waals surface area (Å²) in [7, 11) is 5.71. The maximum absolute atomic E-state index is 11.6. The van der Waals surface area contributed by atoms with E-state index in [0.717, 1.165) is 5.56 Å². The second kappa shape index (κ2) is 7.87. The molecule has 152 valence electrons. The summed E-state index contributed by atoms with van der Waals surface area (Å²) in [6, 6.07) is 21.6. The van der Waals surface area contributed by atoms with Gasteiger partial charge in [0.1, 0.15) is 7.05 Å². The van der Waals surface area contributed by atoms with Gasteiger partial charge in [0.15, 0.2) is 0 Å². The molecule has 0 aliphatic carbocycles. The van der Waals surface area contributed by atoms with Crippen molar-refractivity contribution in [3.63, 3.8) is 0 Å². The first-order chi connectivity index (χ1) is 14.1. The standard InChI is InChI=1S/C25H23N2O2.HI/c1-26-20-9-5-4-7-18(20)25-24-17(8-6-10-22(24)26)19-15-16(12-14-23(28)29-3)11-13-21(19)27(25)2;/h4-11,13,15H,12,14H2,1-3H3;1H/q+1;/p-1. The Labute approximate surface area is 193 Å². The Morgan fingerprint density at radius 3 is 2.57 bits per heavy atom. The third kappa shape index (κ3) is 3.03. The van der Waals surface area contributed by atoms with Crippen LogP contribution in [0, 0.1) is 0 Å². The molecule has 1 aliphatic rings. The number of para-hydroxylation sites is 1. The van der Waals surface area contributed by atoms with Crippen molar-refractivity contribution in [2.45, 2.75) is 12.8 Å². The maximum Gasteiger partial charge on any atom is 0.305 e. The van der Waals surface area contributed by atoms with Gasteiger partial charge in [0.2, 0.25) is 11.2 Å². The average Bonchev–Trinajstić information content (AvgIpc) is 2.76. The molecule has 0 saturated heterocycles. The number of anilines is 2. The van der Waals surface area contributed by atoms with Crippen LogP contribution < -0.4 is 33.4 Å². The molecule has 0 amide bonds. The lowest BCUT2D eigenvalue weighted by Crippen LogP contribution is -3.00. The highest BCUT2D eigenvalue weighted by Gasteiger charge is 2.30. The average molecular weight is 510 g/mol. The molecule has 0 unspecified atom stereocenters. The van der Waals surface area contributed by atoms with Crippen LogP contribution in [-0.2, 0) is 23.0 Å². The van der Waals surface area contributed by atoms with Crippen molar-refractivity contribution in [3.8, 4) is 11.3 Å². The summed E-state index contributed by atoms with van der Waals surface area (Å²) in [5.74, 6) is -0.175. The summed E-state index contributed by atoms with van der Waals surface area (Å²) >= 11 is 0. The molecule has 0 spiro atoms. The normalized spacial score (nSPS) is 11.9. The molecular formula is C25H23IN2O2. The van der Waals surface area contributed by atoms with E-state index in [1.54, 1.807) is 0 Å². The lowest BCUT2D eigenvalue weighted by atomic mass is 9.92. The topological polar surface area (TPSA) is 33.4 Å². The summed E-state index contributed by atoms with van der Waals surface area (Å²) in [6.07, 6.45) is 1.07. The largest absolute Gasteiger partial charge is 1.00 e. The SMILES string of the molecule is COC(=O)CCc1ccc2c(c1)c1cccc3c1c([n+]2C)-c1ccccc1N3C.[I-]. The smallest absolute Gasteiger partial charge is 0.305 e. The van der Waals surface area contributed by atoms with E-state index in [2.05, 4.69) is 84.2 Å². The van der Waals surface area contributed by atoms with Gasteiger partial charge in [-0.1, -0.05) is 30.3 Å². The van der Waals surface area contributed by atoms with Crippen molar-refractivity contribution in [3.05, 3.63) is 66.2 Å². The first kappa shape index (κ1) is 20.6. The van der Waals surface area contributed by atoms with E-state index < -0.39 is 0 Å². The lowest BCUT2D eigenvalue weighted by molar-refractivity contribution is -0.632. The summed E-state index contributed by atoms with van der Waals surface area (Å²) in [4.78, 5) is 13.8. The summed E-state index contributed by atoms with van der Waals surface area (Å²) in [5.41, 5.74) is 7.27. The van der Waals surface area contributed by atoms with E-state index in [1.807, 2.05) is 0 Å². The van der Waals surface area contributed by atoms with Gasteiger partial charge in [-0.15, -0.1) is 0 Å². The van der Waals surface area contributed by atoms with E-state index in [-0.39, 0.29) is 29.9 Å². The number of carbonyl (C=O) groups is 1. The molecule has 0 radical (unpaired) electrons. The van der Waals surface area contributed by atoms with Crippen molar-refractivity contribution >= 4 is 39.0 Å². The fourth-order valence-corrected chi connectivity index (χ4v) is 4.59. The van der Waals surface area contributed by atoms with Gasteiger partial charge in [0.05, 0.1) is 34.8 Å². The molecule has 4 aromatic rings. The predicted octanol–water partition coefficient (Wildman–Crippen LogP) is 1.68. The second-order valence-electron chi connectivity index (χ2n) is 7.61. The van der Waals surface area contributed by atoms with E-state index >= 15 is 0 Å². The Hall–Kier alpha value is -2.67. The Morgan fingerprint density at radius 1 is 1.00 bits per heavy atom. The number of halogens is 1. The highest BCUT2D eigenvalue weighted by molar-refractivity contribution is 6.17. The van der Waals surface area contributed by atoms with E-state index in [4.69, 9.17) is 4.74 Å². The Balaban J connectivity index is 0.00000218. The van der Waals surface area contributed by atoms with Crippen molar-refractivity contribution in [2.24, 2.45) is 7.05 Å². The van der Waals surface area contributed by atoms with Gasteiger partial charge in [-0.3, -0.25) is 4.79 Å². The van der Waals surface area contributed by atoms with Crippen LogP contribution in [-0.4, -0.2) is 20.1 Å². The molecule has 0 saturated carbocycles. The molecule has 0 N–H and O–H groups in total.